The number of halogens is 1. The van der Waals surface area contributed by atoms with E-state index in [1.54, 1.807) is 12.1 Å². The maximum Gasteiger partial charge on any atom is 0.261 e. The van der Waals surface area contributed by atoms with Crippen molar-refractivity contribution >= 4 is 45.1 Å². The van der Waals surface area contributed by atoms with Gasteiger partial charge >= 0.3 is 0 Å². The summed E-state index contributed by atoms with van der Waals surface area (Å²) in [5, 5.41) is 2.62. The van der Waals surface area contributed by atoms with E-state index >= 15 is 0 Å². The number of nitrogens with one attached hydrogen (secondary N) is 3. The van der Waals surface area contributed by atoms with Crippen molar-refractivity contribution in [3.63, 3.8) is 0 Å². The number of ether oxygens (including phenoxy) is 1. The van der Waals surface area contributed by atoms with Gasteiger partial charge in [-0.1, -0.05) is 49.0 Å². The summed E-state index contributed by atoms with van der Waals surface area (Å²) in [5.74, 6) is 0.334. The highest BCUT2D eigenvalue weighted by Gasteiger charge is 2.21. The molecule has 6 nitrogen and oxygen atoms in total. The highest BCUT2D eigenvalue weighted by atomic mass is 79.9. The van der Waals surface area contributed by atoms with Crippen LogP contribution in [-0.4, -0.2) is 23.5 Å². The summed E-state index contributed by atoms with van der Waals surface area (Å²) in [6, 6.07) is 5.23. The number of hydrogen-bond acceptors (Lipinski definition) is 4. The largest absolute Gasteiger partial charge is 0.492 e. The van der Waals surface area contributed by atoms with Gasteiger partial charge in [-0.3, -0.25) is 25.8 Å². The molecule has 0 bridgehead atoms. The molecule has 0 atom stereocenters. The standard InChI is InChI=1S/C19H26BrN3O3S/c1-12(2)11-26-16-9-8-14(20)10-15(16)18(25)21-19(27)23-22-17(24)13-6-4-3-5-7-13/h8-10,12-13H,3-7,11H2,1-2H3,(H,22,24)(H2,21,23,25,27). The Labute approximate surface area is 173 Å². The third-order valence-corrected chi connectivity index (χ3v) is 4.96. The normalized spacial score (nSPS) is 14.5. The lowest BCUT2D eigenvalue weighted by molar-refractivity contribution is -0.126. The number of amides is 2. The van der Waals surface area contributed by atoms with Crippen molar-refractivity contribution in [2.45, 2.75) is 46.0 Å². The molecule has 1 aliphatic carbocycles. The molecule has 2 amide bonds. The molecule has 0 saturated heterocycles. The fourth-order valence-electron chi connectivity index (χ4n) is 2.85. The fraction of sp³-hybridized carbons (Fsp3) is 0.526. The predicted molar refractivity (Wildman–Crippen MR) is 112 cm³/mol. The predicted octanol–water partition coefficient (Wildman–Crippen LogP) is 3.70. The average molecular weight is 456 g/mol. The van der Waals surface area contributed by atoms with Crippen LogP contribution in [0, 0.1) is 11.8 Å². The lowest BCUT2D eigenvalue weighted by Crippen LogP contribution is -2.50. The molecule has 2 rings (SSSR count). The lowest BCUT2D eigenvalue weighted by atomic mass is 9.89. The van der Waals surface area contributed by atoms with Crippen LogP contribution in [0.15, 0.2) is 22.7 Å². The van der Waals surface area contributed by atoms with Crippen molar-refractivity contribution in [1.82, 2.24) is 16.2 Å². The minimum absolute atomic E-state index is 0.00543. The number of carbonyl (C=O) groups excluding carboxylic acids is 2. The second kappa shape index (κ2) is 10.6. The Kier molecular flexibility index (Phi) is 8.50. The van der Waals surface area contributed by atoms with Crippen molar-refractivity contribution < 1.29 is 14.3 Å². The second-order valence-corrected chi connectivity index (χ2v) is 8.40. The zero-order valence-corrected chi connectivity index (χ0v) is 18.0. The van der Waals surface area contributed by atoms with E-state index in [2.05, 4.69) is 32.1 Å². The van der Waals surface area contributed by atoms with E-state index in [9.17, 15) is 9.59 Å². The highest BCUT2D eigenvalue weighted by Crippen LogP contribution is 2.24. The molecular formula is C19H26BrN3O3S. The van der Waals surface area contributed by atoms with Gasteiger partial charge in [0.05, 0.1) is 12.2 Å². The Balaban J connectivity index is 1.90. The average Bonchev–Trinajstić information content (AvgIpc) is 2.65. The summed E-state index contributed by atoms with van der Waals surface area (Å²) in [5.41, 5.74) is 5.57. The molecule has 1 saturated carbocycles. The van der Waals surface area contributed by atoms with E-state index in [-0.39, 0.29) is 16.9 Å². The van der Waals surface area contributed by atoms with Crippen LogP contribution in [0.1, 0.15) is 56.3 Å². The Morgan fingerprint density at radius 2 is 1.93 bits per heavy atom. The van der Waals surface area contributed by atoms with Crippen LogP contribution in [0.2, 0.25) is 0 Å². The Bertz CT molecular complexity index is 691. The van der Waals surface area contributed by atoms with E-state index in [1.807, 2.05) is 19.9 Å². The summed E-state index contributed by atoms with van der Waals surface area (Å²) < 4.78 is 6.48. The number of hydrogen-bond donors (Lipinski definition) is 3. The van der Waals surface area contributed by atoms with Crippen molar-refractivity contribution in [3.05, 3.63) is 28.2 Å². The molecule has 1 aromatic rings. The SMILES string of the molecule is CC(C)COc1ccc(Br)cc1C(=O)NC(=S)NNC(=O)C1CCCCC1. The van der Waals surface area contributed by atoms with E-state index in [1.165, 1.54) is 6.42 Å². The maximum atomic E-state index is 12.6. The fourth-order valence-corrected chi connectivity index (χ4v) is 3.35. The number of benzene rings is 1. The summed E-state index contributed by atoms with van der Waals surface area (Å²) in [4.78, 5) is 24.7. The van der Waals surface area contributed by atoms with Crippen LogP contribution in [0.5, 0.6) is 5.75 Å². The van der Waals surface area contributed by atoms with Gasteiger partial charge in [0, 0.05) is 10.4 Å². The van der Waals surface area contributed by atoms with E-state index in [0.717, 1.165) is 30.2 Å². The summed E-state index contributed by atoms with van der Waals surface area (Å²) in [6.07, 6.45) is 5.10. The molecule has 0 unspecified atom stereocenters. The summed E-state index contributed by atoms with van der Waals surface area (Å²) in [7, 11) is 0. The number of rotatable bonds is 5. The van der Waals surface area contributed by atoms with Gasteiger partial charge in [0.25, 0.3) is 5.91 Å². The van der Waals surface area contributed by atoms with Crippen molar-refractivity contribution in [2.24, 2.45) is 11.8 Å². The monoisotopic (exact) mass is 455 g/mol. The van der Waals surface area contributed by atoms with Gasteiger partial charge in [0.2, 0.25) is 5.91 Å². The van der Waals surface area contributed by atoms with Crippen LogP contribution >= 0.6 is 28.1 Å². The minimum Gasteiger partial charge on any atom is -0.492 e. The molecule has 1 aliphatic rings. The van der Waals surface area contributed by atoms with Crippen molar-refractivity contribution in [2.75, 3.05) is 6.61 Å². The molecule has 0 heterocycles. The quantitative estimate of drug-likeness (QED) is 0.465. The molecular weight excluding hydrogens is 430 g/mol. The summed E-state index contributed by atoms with van der Waals surface area (Å²) in [6.45, 7) is 4.57. The van der Waals surface area contributed by atoms with Gasteiger partial charge in [-0.15, -0.1) is 0 Å². The second-order valence-electron chi connectivity index (χ2n) is 7.08. The minimum atomic E-state index is -0.403. The van der Waals surface area contributed by atoms with Gasteiger partial charge in [-0.2, -0.15) is 0 Å². The number of hydrazine groups is 1. The first-order valence-electron chi connectivity index (χ1n) is 9.20. The first kappa shape index (κ1) is 21.6. The Morgan fingerprint density at radius 3 is 2.59 bits per heavy atom. The number of carbonyl (C=O) groups is 2. The molecule has 0 aromatic heterocycles. The molecule has 0 aliphatic heterocycles. The van der Waals surface area contributed by atoms with Crippen LogP contribution in [0.4, 0.5) is 0 Å². The van der Waals surface area contributed by atoms with Gasteiger partial charge in [-0.05, 0) is 49.2 Å². The molecule has 1 aromatic carbocycles. The smallest absolute Gasteiger partial charge is 0.261 e. The highest BCUT2D eigenvalue weighted by molar-refractivity contribution is 9.10. The van der Waals surface area contributed by atoms with Crippen LogP contribution in [-0.2, 0) is 4.79 Å². The number of thiocarbonyl (C=S) groups is 1. The summed E-state index contributed by atoms with van der Waals surface area (Å²) >= 11 is 8.49. The van der Waals surface area contributed by atoms with Crippen molar-refractivity contribution in [1.29, 1.82) is 0 Å². The molecule has 8 heteroatoms. The topological polar surface area (TPSA) is 79.5 Å². The molecule has 27 heavy (non-hydrogen) atoms. The van der Waals surface area contributed by atoms with Gasteiger partial charge < -0.3 is 4.74 Å². The third kappa shape index (κ3) is 7.10. The zero-order chi connectivity index (χ0) is 19.8. The first-order chi connectivity index (χ1) is 12.9. The first-order valence-corrected chi connectivity index (χ1v) is 10.4. The van der Waals surface area contributed by atoms with Crippen LogP contribution < -0.4 is 20.9 Å². The van der Waals surface area contributed by atoms with E-state index in [4.69, 9.17) is 17.0 Å². The van der Waals surface area contributed by atoms with E-state index < -0.39 is 5.91 Å². The molecule has 148 valence electrons. The Morgan fingerprint density at radius 1 is 1.22 bits per heavy atom. The molecule has 0 spiro atoms. The molecule has 0 radical (unpaired) electrons. The van der Waals surface area contributed by atoms with E-state index in [0.29, 0.717) is 23.8 Å². The maximum absolute atomic E-state index is 12.6. The molecule has 3 N–H and O–H groups in total. The zero-order valence-electron chi connectivity index (χ0n) is 15.6. The molecule has 1 fully saturated rings. The van der Waals surface area contributed by atoms with Gasteiger partial charge in [0.1, 0.15) is 5.75 Å². The van der Waals surface area contributed by atoms with Crippen molar-refractivity contribution in [3.8, 4) is 5.75 Å². The third-order valence-electron chi connectivity index (χ3n) is 4.26. The van der Waals surface area contributed by atoms with Gasteiger partial charge in [0.15, 0.2) is 5.11 Å². The van der Waals surface area contributed by atoms with Crippen LogP contribution in [0.3, 0.4) is 0 Å². The van der Waals surface area contributed by atoms with Gasteiger partial charge in [-0.25, -0.2) is 0 Å². The van der Waals surface area contributed by atoms with Crippen LogP contribution in [0.25, 0.3) is 0 Å². The lowest BCUT2D eigenvalue weighted by Gasteiger charge is -2.21. The Hall–Kier alpha value is -1.67.